The fourth-order valence-electron chi connectivity index (χ4n) is 1.98. The quantitative estimate of drug-likeness (QED) is 0.389. The van der Waals surface area contributed by atoms with Gasteiger partial charge < -0.3 is 18.0 Å². The molecule has 0 aliphatic carbocycles. The Balaban J connectivity index is 2.67. The summed E-state index contributed by atoms with van der Waals surface area (Å²) < 4.78 is 20.2. The SMILES string of the molecule is CC(=O)O[Si](CCCOC(=O)c1ccccc1)(OC(C)=O)OC(C)=O. The molecule has 0 saturated heterocycles. The molecule has 25 heavy (non-hydrogen) atoms. The molecular weight excluding hydrogens is 348 g/mol. The van der Waals surface area contributed by atoms with Crippen molar-refractivity contribution in [1.82, 2.24) is 0 Å². The third kappa shape index (κ3) is 7.62. The summed E-state index contributed by atoms with van der Waals surface area (Å²) in [5.74, 6) is -2.73. The van der Waals surface area contributed by atoms with Gasteiger partial charge in [0, 0.05) is 20.8 Å². The number of carbonyl (C=O) groups is 4. The van der Waals surface area contributed by atoms with Crippen molar-refractivity contribution in [2.45, 2.75) is 33.2 Å². The van der Waals surface area contributed by atoms with Crippen LogP contribution < -0.4 is 0 Å². The topological polar surface area (TPSA) is 105 Å². The maximum Gasteiger partial charge on any atom is 0.705 e. The lowest BCUT2D eigenvalue weighted by atomic mass is 10.2. The predicted octanol–water partition coefficient (Wildman–Crippen LogP) is 1.86. The molecule has 0 spiro atoms. The van der Waals surface area contributed by atoms with Gasteiger partial charge in [-0.25, -0.2) is 4.79 Å². The lowest BCUT2D eigenvalue weighted by Gasteiger charge is -2.26. The lowest BCUT2D eigenvalue weighted by Crippen LogP contribution is -2.49. The van der Waals surface area contributed by atoms with Gasteiger partial charge in [-0.05, 0) is 18.6 Å². The van der Waals surface area contributed by atoms with Crippen molar-refractivity contribution in [2.24, 2.45) is 0 Å². The molecule has 0 heterocycles. The van der Waals surface area contributed by atoms with Crippen LogP contribution in [0.3, 0.4) is 0 Å². The molecule has 0 fully saturated rings. The summed E-state index contributed by atoms with van der Waals surface area (Å²) in [7, 11) is -3.88. The maximum absolute atomic E-state index is 11.8. The van der Waals surface area contributed by atoms with Crippen molar-refractivity contribution in [3.05, 3.63) is 35.9 Å². The van der Waals surface area contributed by atoms with Crippen LogP contribution in [0.4, 0.5) is 0 Å². The summed E-state index contributed by atoms with van der Waals surface area (Å²) >= 11 is 0. The first-order valence-electron chi connectivity index (χ1n) is 7.55. The molecular formula is C16H20O8Si. The van der Waals surface area contributed by atoms with Crippen molar-refractivity contribution in [3.8, 4) is 0 Å². The molecule has 1 aromatic carbocycles. The van der Waals surface area contributed by atoms with Crippen LogP contribution >= 0.6 is 0 Å². The van der Waals surface area contributed by atoms with E-state index in [1.54, 1.807) is 30.3 Å². The van der Waals surface area contributed by atoms with Crippen molar-refractivity contribution < 1.29 is 37.2 Å². The molecule has 0 radical (unpaired) electrons. The number of ether oxygens (including phenoxy) is 1. The molecule has 0 unspecified atom stereocenters. The molecule has 9 heteroatoms. The van der Waals surface area contributed by atoms with Gasteiger partial charge in [-0.3, -0.25) is 14.4 Å². The molecule has 0 aliphatic heterocycles. The maximum atomic E-state index is 11.8. The van der Waals surface area contributed by atoms with Gasteiger partial charge in [-0.2, -0.15) is 0 Å². The van der Waals surface area contributed by atoms with E-state index < -0.39 is 32.7 Å². The van der Waals surface area contributed by atoms with E-state index in [1.165, 1.54) is 0 Å². The molecule has 136 valence electrons. The zero-order valence-electron chi connectivity index (χ0n) is 14.3. The third-order valence-corrected chi connectivity index (χ3v) is 5.53. The van der Waals surface area contributed by atoms with E-state index in [2.05, 4.69) is 0 Å². The van der Waals surface area contributed by atoms with Crippen molar-refractivity contribution in [3.63, 3.8) is 0 Å². The Morgan fingerprint density at radius 2 is 1.32 bits per heavy atom. The van der Waals surface area contributed by atoms with Gasteiger partial charge in [0.25, 0.3) is 17.9 Å². The second-order valence-electron chi connectivity index (χ2n) is 5.07. The zero-order chi connectivity index (χ0) is 18.9. The van der Waals surface area contributed by atoms with Gasteiger partial charge in [-0.15, -0.1) is 0 Å². The molecule has 0 saturated carbocycles. The van der Waals surface area contributed by atoms with Crippen LogP contribution in [-0.2, 0) is 32.4 Å². The normalized spacial score (nSPS) is 10.5. The van der Waals surface area contributed by atoms with Crippen LogP contribution in [0.1, 0.15) is 37.6 Å². The number of hydrogen-bond acceptors (Lipinski definition) is 8. The first-order chi connectivity index (χ1) is 11.7. The Hall–Kier alpha value is -2.68. The summed E-state index contributed by atoms with van der Waals surface area (Å²) in [6.07, 6.45) is 0.179. The van der Waals surface area contributed by atoms with Crippen LogP contribution in [0.15, 0.2) is 30.3 Å². The van der Waals surface area contributed by atoms with E-state index in [1.807, 2.05) is 0 Å². The fraction of sp³-hybridized carbons (Fsp3) is 0.375. The number of rotatable bonds is 8. The van der Waals surface area contributed by atoms with Crippen molar-refractivity contribution in [1.29, 1.82) is 0 Å². The fourth-order valence-corrected chi connectivity index (χ4v) is 4.31. The number of esters is 1. The molecule has 1 rings (SSSR count). The van der Waals surface area contributed by atoms with Crippen molar-refractivity contribution in [2.75, 3.05) is 6.61 Å². The molecule has 0 amide bonds. The van der Waals surface area contributed by atoms with Crippen LogP contribution in [-0.4, -0.2) is 39.3 Å². The first-order valence-corrected chi connectivity index (χ1v) is 9.48. The molecule has 8 nitrogen and oxygen atoms in total. The lowest BCUT2D eigenvalue weighted by molar-refractivity contribution is -0.147. The van der Waals surface area contributed by atoms with Crippen LogP contribution in [0, 0.1) is 0 Å². The van der Waals surface area contributed by atoms with E-state index in [9.17, 15) is 19.2 Å². The second kappa shape index (κ2) is 9.57. The van der Waals surface area contributed by atoms with Gasteiger partial charge in [0.2, 0.25) is 0 Å². The van der Waals surface area contributed by atoms with Gasteiger partial charge in [0.1, 0.15) is 0 Å². The van der Waals surface area contributed by atoms with E-state index >= 15 is 0 Å². The van der Waals surface area contributed by atoms with Gasteiger partial charge in [0.15, 0.2) is 0 Å². The Morgan fingerprint density at radius 3 is 1.76 bits per heavy atom. The smallest absolute Gasteiger partial charge is 0.462 e. The molecule has 0 bridgehead atoms. The minimum absolute atomic E-state index is 0.0216. The monoisotopic (exact) mass is 368 g/mol. The summed E-state index contributed by atoms with van der Waals surface area (Å²) in [5.41, 5.74) is 0.394. The first kappa shape index (κ1) is 20.4. The second-order valence-corrected chi connectivity index (χ2v) is 7.55. The highest BCUT2D eigenvalue weighted by Gasteiger charge is 2.51. The summed E-state index contributed by atoms with van der Waals surface area (Å²) in [4.78, 5) is 45.7. The Labute approximate surface area is 146 Å². The highest BCUT2D eigenvalue weighted by Crippen LogP contribution is 2.19. The van der Waals surface area contributed by atoms with Crippen LogP contribution in [0.5, 0.6) is 0 Å². The summed E-state index contributed by atoms with van der Waals surface area (Å²) in [6, 6.07) is 8.35. The number of carbonyl (C=O) groups excluding carboxylic acids is 4. The largest absolute Gasteiger partial charge is 0.705 e. The molecule has 0 N–H and O–H groups in total. The van der Waals surface area contributed by atoms with Crippen LogP contribution in [0.25, 0.3) is 0 Å². The average Bonchev–Trinajstić information content (AvgIpc) is 2.50. The molecule has 1 aromatic rings. The average molecular weight is 368 g/mol. The number of benzene rings is 1. The Morgan fingerprint density at radius 1 is 0.840 bits per heavy atom. The Bertz CT molecular complexity index is 587. The van der Waals surface area contributed by atoms with Gasteiger partial charge in [-0.1, -0.05) is 18.2 Å². The highest BCUT2D eigenvalue weighted by atomic mass is 28.4. The standard InChI is InChI=1S/C16H20O8Si/c1-12(17)22-25(23-13(2)18,24-14(3)19)11-7-10-21-16(20)15-8-5-4-6-9-15/h4-6,8-9H,7,10-11H2,1-3H3. The predicted molar refractivity (Wildman–Crippen MR) is 87.2 cm³/mol. The van der Waals surface area contributed by atoms with E-state index in [0.29, 0.717) is 5.56 Å². The zero-order valence-corrected chi connectivity index (χ0v) is 15.3. The van der Waals surface area contributed by atoms with E-state index in [0.717, 1.165) is 20.8 Å². The van der Waals surface area contributed by atoms with E-state index in [-0.39, 0.29) is 19.1 Å². The molecule has 0 aromatic heterocycles. The third-order valence-electron chi connectivity index (χ3n) is 2.77. The van der Waals surface area contributed by atoms with Crippen LogP contribution in [0.2, 0.25) is 6.04 Å². The number of hydrogen-bond donors (Lipinski definition) is 0. The van der Waals surface area contributed by atoms with Gasteiger partial charge in [0.05, 0.1) is 18.2 Å². The summed E-state index contributed by atoms with van der Waals surface area (Å²) in [5, 5.41) is 0. The van der Waals surface area contributed by atoms with Gasteiger partial charge >= 0.3 is 14.8 Å². The summed E-state index contributed by atoms with van der Waals surface area (Å²) in [6.45, 7) is 3.32. The Kier molecular flexibility index (Phi) is 7.80. The van der Waals surface area contributed by atoms with E-state index in [4.69, 9.17) is 18.0 Å². The minimum Gasteiger partial charge on any atom is -0.462 e. The minimum atomic E-state index is -3.88. The highest BCUT2D eigenvalue weighted by molar-refractivity contribution is 6.65. The van der Waals surface area contributed by atoms with Crippen molar-refractivity contribution >= 4 is 32.7 Å². The molecule has 0 aliphatic rings. The molecule has 0 atom stereocenters.